The minimum absolute atomic E-state index is 0.117. The number of carbonyl (C=O) groups excluding carboxylic acids is 1. The van der Waals surface area contributed by atoms with Crippen LogP contribution in [0.1, 0.15) is 5.56 Å². The number of hydrogen-bond donors (Lipinski definition) is 1. The Morgan fingerprint density at radius 3 is 2.66 bits per heavy atom. The SMILES string of the molecule is COc1cc(C)ccc1OCC(=O)Nc1ccccc1-c1nc2ccccc2s1. The van der Waals surface area contributed by atoms with Gasteiger partial charge in [0, 0.05) is 5.56 Å². The number of benzene rings is 3. The van der Waals surface area contributed by atoms with E-state index in [4.69, 9.17) is 14.5 Å². The van der Waals surface area contributed by atoms with Crippen LogP contribution in [0.3, 0.4) is 0 Å². The van der Waals surface area contributed by atoms with Crippen LogP contribution < -0.4 is 14.8 Å². The molecule has 0 fully saturated rings. The Morgan fingerprint density at radius 2 is 1.83 bits per heavy atom. The fraction of sp³-hybridized carbons (Fsp3) is 0.130. The molecular weight excluding hydrogens is 384 g/mol. The lowest BCUT2D eigenvalue weighted by atomic mass is 10.2. The minimum atomic E-state index is -0.249. The first-order valence-corrected chi connectivity index (χ1v) is 9.98. The van der Waals surface area contributed by atoms with E-state index in [9.17, 15) is 4.79 Å². The van der Waals surface area contributed by atoms with Crippen molar-refractivity contribution in [1.82, 2.24) is 4.98 Å². The zero-order valence-corrected chi connectivity index (χ0v) is 17.0. The smallest absolute Gasteiger partial charge is 0.262 e. The maximum atomic E-state index is 12.5. The van der Waals surface area contributed by atoms with E-state index in [0.717, 1.165) is 26.4 Å². The average molecular weight is 404 g/mol. The Labute approximate surface area is 172 Å². The largest absolute Gasteiger partial charge is 0.493 e. The van der Waals surface area contributed by atoms with Gasteiger partial charge in [-0.25, -0.2) is 4.98 Å². The van der Waals surface area contributed by atoms with Crippen LogP contribution in [0.25, 0.3) is 20.8 Å². The molecule has 0 atom stereocenters. The summed E-state index contributed by atoms with van der Waals surface area (Å²) in [5.74, 6) is 0.890. The van der Waals surface area contributed by atoms with E-state index in [1.54, 1.807) is 24.5 Å². The molecule has 1 amide bonds. The molecule has 0 radical (unpaired) electrons. The number of methoxy groups -OCH3 is 1. The number of ether oxygens (including phenoxy) is 2. The number of thiazole rings is 1. The summed E-state index contributed by atoms with van der Waals surface area (Å²) in [4.78, 5) is 17.2. The number of hydrogen-bond acceptors (Lipinski definition) is 5. The van der Waals surface area contributed by atoms with Gasteiger partial charge in [0.25, 0.3) is 5.91 Å². The fourth-order valence-electron chi connectivity index (χ4n) is 2.99. The third kappa shape index (κ3) is 4.22. The van der Waals surface area contributed by atoms with Crippen LogP contribution in [0.2, 0.25) is 0 Å². The molecule has 29 heavy (non-hydrogen) atoms. The maximum Gasteiger partial charge on any atom is 0.262 e. The second-order valence-corrected chi connectivity index (χ2v) is 7.55. The summed E-state index contributed by atoms with van der Waals surface area (Å²) in [7, 11) is 1.58. The van der Waals surface area contributed by atoms with Crippen LogP contribution in [0.4, 0.5) is 5.69 Å². The molecule has 0 saturated heterocycles. The van der Waals surface area contributed by atoms with Gasteiger partial charge in [-0.3, -0.25) is 4.79 Å². The number of para-hydroxylation sites is 2. The molecule has 5 nitrogen and oxygen atoms in total. The Kier molecular flexibility index (Phi) is 5.44. The summed E-state index contributed by atoms with van der Waals surface area (Å²) >= 11 is 1.60. The predicted octanol–water partition coefficient (Wildman–Crippen LogP) is 5.30. The molecule has 1 aromatic heterocycles. The summed E-state index contributed by atoms with van der Waals surface area (Å²) in [5.41, 5.74) is 3.60. The Balaban J connectivity index is 1.51. The molecule has 146 valence electrons. The first kappa shape index (κ1) is 19.0. The quantitative estimate of drug-likeness (QED) is 0.474. The van der Waals surface area contributed by atoms with Crippen LogP contribution >= 0.6 is 11.3 Å². The van der Waals surface area contributed by atoms with Crippen molar-refractivity contribution in [2.45, 2.75) is 6.92 Å². The standard InChI is InChI=1S/C23H20N2O3S/c1-15-11-12-19(20(13-15)27-2)28-14-22(26)24-17-8-4-3-7-16(17)23-25-18-9-5-6-10-21(18)29-23/h3-13H,14H2,1-2H3,(H,24,26). The van der Waals surface area contributed by atoms with Crippen molar-refractivity contribution in [3.8, 4) is 22.1 Å². The molecule has 0 saturated carbocycles. The zero-order valence-electron chi connectivity index (χ0n) is 16.1. The third-order valence-corrected chi connectivity index (χ3v) is 5.47. The highest BCUT2D eigenvalue weighted by Gasteiger charge is 2.13. The highest BCUT2D eigenvalue weighted by atomic mass is 32.1. The van der Waals surface area contributed by atoms with Gasteiger partial charge in [-0.1, -0.05) is 30.3 Å². The number of nitrogens with one attached hydrogen (secondary N) is 1. The van der Waals surface area contributed by atoms with E-state index in [0.29, 0.717) is 17.2 Å². The number of rotatable bonds is 6. The lowest BCUT2D eigenvalue weighted by molar-refractivity contribution is -0.118. The zero-order chi connectivity index (χ0) is 20.2. The molecule has 0 unspecified atom stereocenters. The molecule has 0 spiro atoms. The van der Waals surface area contributed by atoms with Gasteiger partial charge in [0.15, 0.2) is 18.1 Å². The fourth-order valence-corrected chi connectivity index (χ4v) is 3.99. The first-order valence-electron chi connectivity index (χ1n) is 9.16. The van der Waals surface area contributed by atoms with Gasteiger partial charge in [-0.15, -0.1) is 11.3 Å². The van der Waals surface area contributed by atoms with Crippen molar-refractivity contribution in [1.29, 1.82) is 0 Å². The summed E-state index contributed by atoms with van der Waals surface area (Å²) < 4.78 is 12.1. The highest BCUT2D eigenvalue weighted by Crippen LogP contribution is 2.34. The first-order chi connectivity index (χ1) is 14.1. The summed E-state index contributed by atoms with van der Waals surface area (Å²) in [6, 6.07) is 21.2. The molecule has 6 heteroatoms. The van der Waals surface area contributed by atoms with Gasteiger partial charge in [-0.2, -0.15) is 0 Å². The van der Waals surface area contributed by atoms with Crippen LogP contribution in [-0.2, 0) is 4.79 Å². The molecular formula is C23H20N2O3S. The maximum absolute atomic E-state index is 12.5. The molecule has 4 aromatic rings. The molecule has 0 bridgehead atoms. The number of nitrogens with zero attached hydrogens (tertiary/aromatic N) is 1. The van der Waals surface area contributed by atoms with Crippen LogP contribution in [0.5, 0.6) is 11.5 Å². The van der Waals surface area contributed by atoms with Gasteiger partial charge in [0.1, 0.15) is 5.01 Å². The summed E-state index contributed by atoms with van der Waals surface area (Å²) in [5, 5.41) is 3.80. The number of fused-ring (bicyclic) bond motifs is 1. The monoisotopic (exact) mass is 404 g/mol. The van der Waals surface area contributed by atoms with Crippen molar-refractivity contribution in [3.05, 3.63) is 72.3 Å². The van der Waals surface area contributed by atoms with E-state index in [2.05, 4.69) is 5.32 Å². The summed E-state index contributed by atoms with van der Waals surface area (Å²) in [6.45, 7) is 1.85. The average Bonchev–Trinajstić information content (AvgIpc) is 3.17. The van der Waals surface area contributed by atoms with Crippen LogP contribution in [-0.4, -0.2) is 24.6 Å². The van der Waals surface area contributed by atoms with Gasteiger partial charge in [-0.05, 0) is 48.9 Å². The van der Waals surface area contributed by atoms with Crippen LogP contribution in [0, 0.1) is 6.92 Å². The molecule has 3 aromatic carbocycles. The van der Waals surface area contributed by atoms with Crippen molar-refractivity contribution >= 4 is 33.1 Å². The lowest BCUT2D eigenvalue weighted by Crippen LogP contribution is -2.20. The van der Waals surface area contributed by atoms with Crippen LogP contribution in [0.15, 0.2) is 66.7 Å². The van der Waals surface area contributed by atoms with Crippen molar-refractivity contribution in [2.24, 2.45) is 0 Å². The molecule has 1 N–H and O–H groups in total. The van der Waals surface area contributed by atoms with E-state index >= 15 is 0 Å². The van der Waals surface area contributed by atoms with E-state index in [1.807, 2.05) is 67.6 Å². The van der Waals surface area contributed by atoms with Gasteiger partial charge in [0.05, 0.1) is 23.0 Å². The second kappa shape index (κ2) is 8.32. The van der Waals surface area contributed by atoms with E-state index in [1.165, 1.54) is 0 Å². The molecule has 4 rings (SSSR count). The number of carbonyl (C=O) groups is 1. The highest BCUT2D eigenvalue weighted by molar-refractivity contribution is 7.21. The normalized spacial score (nSPS) is 10.7. The molecule has 0 aliphatic heterocycles. The van der Waals surface area contributed by atoms with Crippen molar-refractivity contribution in [3.63, 3.8) is 0 Å². The third-order valence-electron chi connectivity index (χ3n) is 4.40. The Bertz CT molecular complexity index is 1140. The topological polar surface area (TPSA) is 60.5 Å². The molecule has 1 heterocycles. The summed E-state index contributed by atoms with van der Waals surface area (Å²) in [6.07, 6.45) is 0. The van der Waals surface area contributed by atoms with E-state index in [-0.39, 0.29) is 12.5 Å². The van der Waals surface area contributed by atoms with Crippen molar-refractivity contribution < 1.29 is 14.3 Å². The molecule has 0 aliphatic carbocycles. The van der Waals surface area contributed by atoms with E-state index < -0.39 is 0 Å². The Hall–Kier alpha value is -3.38. The number of amides is 1. The van der Waals surface area contributed by atoms with Gasteiger partial charge < -0.3 is 14.8 Å². The number of aromatic nitrogens is 1. The second-order valence-electron chi connectivity index (χ2n) is 6.52. The Morgan fingerprint density at radius 1 is 1.03 bits per heavy atom. The molecule has 0 aliphatic rings. The minimum Gasteiger partial charge on any atom is -0.493 e. The van der Waals surface area contributed by atoms with Gasteiger partial charge >= 0.3 is 0 Å². The lowest BCUT2D eigenvalue weighted by Gasteiger charge is -2.12. The predicted molar refractivity (Wildman–Crippen MR) is 117 cm³/mol. The number of aryl methyl sites for hydroxylation is 1. The van der Waals surface area contributed by atoms with Gasteiger partial charge in [0.2, 0.25) is 0 Å². The number of anilines is 1. The van der Waals surface area contributed by atoms with Crippen molar-refractivity contribution in [2.75, 3.05) is 19.0 Å².